The number of aromatic nitrogens is 1. The molecule has 6 heteroatoms. The zero-order chi connectivity index (χ0) is 13.7. The topological polar surface area (TPSA) is 82.1 Å². The third kappa shape index (κ3) is 3.75. The van der Waals surface area contributed by atoms with E-state index in [0.29, 0.717) is 11.2 Å². The molecule has 0 aliphatic rings. The maximum atomic E-state index is 11.3. The standard InChI is InChI=1S/C13H10N2O3S/c16-11(6-7-12(17)18)15-13-14-10(8-19-13)9-4-2-1-3-5-9/h1-8H,(H,17,18)(H,14,15,16)/p-1/b7-6+. The minimum absolute atomic E-state index is 0.409. The first kappa shape index (κ1) is 13.0. The van der Waals surface area contributed by atoms with Crippen LogP contribution in [0.15, 0.2) is 47.9 Å². The lowest BCUT2D eigenvalue weighted by atomic mass is 10.2. The summed E-state index contributed by atoms with van der Waals surface area (Å²) in [4.78, 5) is 25.7. The average Bonchev–Trinajstić information content (AvgIpc) is 2.86. The van der Waals surface area contributed by atoms with E-state index in [9.17, 15) is 14.7 Å². The van der Waals surface area contributed by atoms with Gasteiger partial charge in [0.2, 0.25) is 5.91 Å². The minimum Gasteiger partial charge on any atom is -0.545 e. The first-order chi connectivity index (χ1) is 9.15. The van der Waals surface area contributed by atoms with Gasteiger partial charge in [0, 0.05) is 17.0 Å². The molecule has 2 rings (SSSR count). The van der Waals surface area contributed by atoms with E-state index < -0.39 is 11.9 Å². The molecule has 1 N–H and O–H groups in total. The molecule has 0 aliphatic heterocycles. The molecule has 5 nitrogen and oxygen atoms in total. The molecular weight excluding hydrogens is 264 g/mol. The quantitative estimate of drug-likeness (QED) is 0.844. The number of thiazole rings is 1. The van der Waals surface area contributed by atoms with Crippen molar-refractivity contribution in [1.82, 2.24) is 4.98 Å². The van der Waals surface area contributed by atoms with Crippen molar-refractivity contribution in [1.29, 1.82) is 0 Å². The van der Waals surface area contributed by atoms with Crippen LogP contribution in [0.1, 0.15) is 0 Å². The Morgan fingerprint density at radius 2 is 1.95 bits per heavy atom. The Labute approximate surface area is 113 Å². The Morgan fingerprint density at radius 3 is 2.63 bits per heavy atom. The predicted octanol–water partition coefficient (Wildman–Crippen LogP) is 1.05. The van der Waals surface area contributed by atoms with E-state index in [2.05, 4.69) is 10.3 Å². The maximum Gasteiger partial charge on any atom is 0.250 e. The second-order valence-corrected chi connectivity index (χ2v) is 4.40. The molecule has 0 aliphatic carbocycles. The zero-order valence-corrected chi connectivity index (χ0v) is 10.5. The number of anilines is 1. The smallest absolute Gasteiger partial charge is 0.250 e. The number of carboxylic acids is 1. The fraction of sp³-hybridized carbons (Fsp3) is 0. The van der Waals surface area contributed by atoms with Gasteiger partial charge in [-0.15, -0.1) is 11.3 Å². The van der Waals surface area contributed by atoms with Gasteiger partial charge < -0.3 is 9.90 Å². The SMILES string of the molecule is O=C([O-])/C=C/C(=O)Nc1nc(-c2ccccc2)cs1. The summed E-state index contributed by atoms with van der Waals surface area (Å²) in [6.07, 6.45) is 1.56. The van der Waals surface area contributed by atoms with Gasteiger partial charge >= 0.3 is 0 Å². The third-order valence-electron chi connectivity index (χ3n) is 2.17. The highest BCUT2D eigenvalue weighted by Crippen LogP contribution is 2.24. The van der Waals surface area contributed by atoms with Crippen molar-refractivity contribution in [3.8, 4) is 11.3 Å². The summed E-state index contributed by atoms with van der Waals surface area (Å²) in [5.74, 6) is -1.97. The normalized spacial score (nSPS) is 10.5. The second-order valence-electron chi connectivity index (χ2n) is 3.55. The van der Waals surface area contributed by atoms with Crippen molar-refractivity contribution >= 4 is 28.3 Å². The van der Waals surface area contributed by atoms with Gasteiger partial charge in [-0.1, -0.05) is 30.3 Å². The molecule has 1 aromatic carbocycles. The fourth-order valence-corrected chi connectivity index (χ4v) is 2.09. The zero-order valence-electron chi connectivity index (χ0n) is 9.70. The molecule has 0 spiro atoms. The van der Waals surface area contributed by atoms with Crippen LogP contribution < -0.4 is 10.4 Å². The van der Waals surface area contributed by atoms with Crippen LogP contribution in [0.3, 0.4) is 0 Å². The van der Waals surface area contributed by atoms with Gasteiger partial charge in [-0.25, -0.2) is 4.98 Å². The summed E-state index contributed by atoms with van der Waals surface area (Å²) in [5, 5.41) is 14.9. The van der Waals surface area contributed by atoms with Gasteiger partial charge in [-0.3, -0.25) is 10.1 Å². The molecule has 1 amide bonds. The third-order valence-corrected chi connectivity index (χ3v) is 2.93. The van der Waals surface area contributed by atoms with Crippen molar-refractivity contribution in [2.45, 2.75) is 0 Å². The Balaban J connectivity index is 2.06. The summed E-state index contributed by atoms with van der Waals surface area (Å²) in [6, 6.07) is 9.53. The molecule has 1 aromatic heterocycles. The van der Waals surface area contributed by atoms with Crippen molar-refractivity contribution < 1.29 is 14.7 Å². The molecule has 96 valence electrons. The van der Waals surface area contributed by atoms with Crippen LogP contribution >= 0.6 is 11.3 Å². The molecule has 0 atom stereocenters. The lowest BCUT2D eigenvalue weighted by molar-refractivity contribution is -0.297. The number of rotatable bonds is 4. The Hall–Kier alpha value is -2.47. The number of nitrogens with one attached hydrogen (secondary N) is 1. The highest BCUT2D eigenvalue weighted by Gasteiger charge is 2.05. The van der Waals surface area contributed by atoms with Crippen molar-refractivity contribution in [3.63, 3.8) is 0 Å². The Bertz CT molecular complexity index is 620. The number of amides is 1. The molecule has 0 saturated carbocycles. The molecule has 19 heavy (non-hydrogen) atoms. The molecule has 1 heterocycles. The summed E-state index contributed by atoms with van der Waals surface area (Å²) >= 11 is 1.27. The number of aliphatic carboxylic acids is 1. The van der Waals surface area contributed by atoms with E-state index >= 15 is 0 Å². The van der Waals surface area contributed by atoms with Crippen LogP contribution in [-0.2, 0) is 9.59 Å². The van der Waals surface area contributed by atoms with E-state index in [1.165, 1.54) is 11.3 Å². The summed E-state index contributed by atoms with van der Waals surface area (Å²) in [5.41, 5.74) is 1.70. The van der Waals surface area contributed by atoms with E-state index in [-0.39, 0.29) is 0 Å². The van der Waals surface area contributed by atoms with Crippen LogP contribution in [0.25, 0.3) is 11.3 Å². The highest BCUT2D eigenvalue weighted by molar-refractivity contribution is 7.14. The van der Waals surface area contributed by atoms with Crippen LogP contribution in [0.4, 0.5) is 5.13 Å². The summed E-state index contributed by atoms with van der Waals surface area (Å²) in [7, 11) is 0. The number of hydrogen-bond acceptors (Lipinski definition) is 5. The number of carboxylic acid groups (broad SMARTS) is 1. The lowest BCUT2D eigenvalue weighted by Crippen LogP contribution is -2.20. The molecular formula is C13H9N2O3S-. The number of carbonyl (C=O) groups excluding carboxylic acids is 2. The van der Waals surface area contributed by atoms with Gasteiger partial charge in [-0.2, -0.15) is 0 Å². The number of carbonyl (C=O) groups is 2. The van der Waals surface area contributed by atoms with Crippen molar-refractivity contribution in [2.24, 2.45) is 0 Å². The monoisotopic (exact) mass is 273 g/mol. The first-order valence-corrected chi connectivity index (χ1v) is 6.24. The number of nitrogens with zero attached hydrogens (tertiary/aromatic N) is 1. The maximum absolute atomic E-state index is 11.3. The van der Waals surface area contributed by atoms with Crippen molar-refractivity contribution in [3.05, 3.63) is 47.9 Å². The number of benzene rings is 1. The van der Waals surface area contributed by atoms with E-state index in [4.69, 9.17) is 0 Å². The predicted molar refractivity (Wildman–Crippen MR) is 70.3 cm³/mol. The van der Waals surface area contributed by atoms with Crippen LogP contribution in [0.2, 0.25) is 0 Å². The van der Waals surface area contributed by atoms with Crippen LogP contribution in [0, 0.1) is 0 Å². The lowest BCUT2D eigenvalue weighted by Gasteiger charge is -1.97. The van der Waals surface area contributed by atoms with E-state index in [1.54, 1.807) is 0 Å². The first-order valence-electron chi connectivity index (χ1n) is 5.36. The molecule has 0 unspecified atom stereocenters. The summed E-state index contributed by atoms with van der Waals surface area (Å²) in [6.45, 7) is 0. The second kappa shape index (κ2) is 5.92. The fourth-order valence-electron chi connectivity index (χ4n) is 1.36. The average molecular weight is 273 g/mol. The molecule has 2 aromatic rings. The van der Waals surface area contributed by atoms with Crippen LogP contribution in [-0.4, -0.2) is 16.9 Å². The molecule has 0 radical (unpaired) electrons. The van der Waals surface area contributed by atoms with Gasteiger partial charge in [0.25, 0.3) is 0 Å². The van der Waals surface area contributed by atoms with Crippen LogP contribution in [0.5, 0.6) is 0 Å². The van der Waals surface area contributed by atoms with Gasteiger partial charge in [0.15, 0.2) is 5.13 Å². The van der Waals surface area contributed by atoms with Gasteiger partial charge in [-0.05, 0) is 6.08 Å². The van der Waals surface area contributed by atoms with E-state index in [1.807, 2.05) is 35.7 Å². The largest absolute Gasteiger partial charge is 0.545 e. The molecule has 0 saturated heterocycles. The van der Waals surface area contributed by atoms with E-state index in [0.717, 1.165) is 17.3 Å². The van der Waals surface area contributed by atoms with Gasteiger partial charge in [0.05, 0.1) is 11.7 Å². The molecule has 0 bridgehead atoms. The van der Waals surface area contributed by atoms with Gasteiger partial charge in [0.1, 0.15) is 0 Å². The highest BCUT2D eigenvalue weighted by atomic mass is 32.1. The van der Waals surface area contributed by atoms with Crippen molar-refractivity contribution in [2.75, 3.05) is 5.32 Å². The Kier molecular flexibility index (Phi) is 4.04. The molecule has 0 fully saturated rings. The number of hydrogen-bond donors (Lipinski definition) is 1. The minimum atomic E-state index is -1.42. The Morgan fingerprint density at radius 1 is 1.21 bits per heavy atom. The summed E-state index contributed by atoms with van der Waals surface area (Å²) < 4.78 is 0.